The molecule has 0 amide bonds. The first-order valence-corrected chi connectivity index (χ1v) is 12.2. The number of nitrogens with zero attached hydrogens (tertiary/aromatic N) is 1. The fourth-order valence-electron chi connectivity index (χ4n) is 3.44. The standard InChI is InChI=1S/C24H31NO6S/c1-17(14-18(2)23(26)31-24(3,4)5)15-19-6-8-20(9-7-19)16-32(29,30)22-12-10-21(11-13-22)25(27)28/h6-13,17-18H,14-16H2,1-5H3/t17-,18?/m1/s1. The third-order valence-corrected chi connectivity index (χ3v) is 6.64. The Morgan fingerprint density at radius 3 is 2.03 bits per heavy atom. The minimum absolute atomic E-state index is 0.0527. The van der Waals surface area contributed by atoms with Crippen molar-refractivity contribution in [2.45, 2.75) is 63.7 Å². The van der Waals surface area contributed by atoms with Gasteiger partial charge in [0.1, 0.15) is 5.60 Å². The molecule has 2 aromatic carbocycles. The Balaban J connectivity index is 1.96. The van der Waals surface area contributed by atoms with Crippen molar-refractivity contribution in [2.75, 3.05) is 0 Å². The second-order valence-electron chi connectivity index (χ2n) is 9.31. The van der Waals surface area contributed by atoms with Gasteiger partial charge in [-0.05, 0) is 62.8 Å². The van der Waals surface area contributed by atoms with Gasteiger partial charge >= 0.3 is 5.97 Å². The highest BCUT2D eigenvalue weighted by Crippen LogP contribution is 2.23. The molecule has 0 saturated heterocycles. The number of ether oxygens (including phenoxy) is 1. The van der Waals surface area contributed by atoms with Crippen LogP contribution in [0.5, 0.6) is 0 Å². The first kappa shape index (κ1) is 25.5. The minimum Gasteiger partial charge on any atom is -0.460 e. The molecule has 0 spiro atoms. The smallest absolute Gasteiger partial charge is 0.309 e. The van der Waals surface area contributed by atoms with Gasteiger partial charge in [-0.1, -0.05) is 38.1 Å². The molecule has 174 valence electrons. The average molecular weight is 462 g/mol. The van der Waals surface area contributed by atoms with Gasteiger partial charge in [-0.25, -0.2) is 8.42 Å². The molecule has 0 heterocycles. The van der Waals surface area contributed by atoms with Crippen LogP contribution in [0.1, 0.15) is 52.2 Å². The number of nitro benzene ring substituents is 1. The maximum absolute atomic E-state index is 12.6. The predicted octanol–water partition coefficient (Wildman–Crippen LogP) is 5.12. The molecule has 0 aromatic heterocycles. The second-order valence-corrected chi connectivity index (χ2v) is 11.3. The number of hydrogen-bond donors (Lipinski definition) is 0. The number of nitro groups is 1. The summed E-state index contributed by atoms with van der Waals surface area (Å²) in [4.78, 5) is 22.4. The van der Waals surface area contributed by atoms with E-state index in [1.54, 1.807) is 12.1 Å². The van der Waals surface area contributed by atoms with Crippen LogP contribution in [0.25, 0.3) is 0 Å². The highest BCUT2D eigenvalue weighted by molar-refractivity contribution is 7.90. The van der Waals surface area contributed by atoms with Crippen LogP contribution in [0, 0.1) is 22.0 Å². The maximum atomic E-state index is 12.6. The van der Waals surface area contributed by atoms with Crippen molar-refractivity contribution < 1.29 is 22.9 Å². The van der Waals surface area contributed by atoms with E-state index in [-0.39, 0.29) is 34.1 Å². The van der Waals surface area contributed by atoms with Crippen molar-refractivity contribution >= 4 is 21.5 Å². The Morgan fingerprint density at radius 1 is 1.00 bits per heavy atom. The summed E-state index contributed by atoms with van der Waals surface area (Å²) >= 11 is 0. The molecule has 0 radical (unpaired) electrons. The number of carbonyl (C=O) groups excluding carboxylic acids is 1. The van der Waals surface area contributed by atoms with Crippen LogP contribution in [0.3, 0.4) is 0 Å². The number of esters is 1. The molecule has 0 fully saturated rings. The number of non-ortho nitro benzene ring substituents is 1. The van der Waals surface area contributed by atoms with Crippen molar-refractivity contribution in [1.29, 1.82) is 0 Å². The van der Waals surface area contributed by atoms with Gasteiger partial charge in [-0.15, -0.1) is 0 Å². The van der Waals surface area contributed by atoms with E-state index in [0.717, 1.165) is 12.0 Å². The molecule has 0 N–H and O–H groups in total. The van der Waals surface area contributed by atoms with E-state index < -0.39 is 20.4 Å². The van der Waals surface area contributed by atoms with E-state index in [4.69, 9.17) is 4.74 Å². The zero-order valence-electron chi connectivity index (χ0n) is 19.2. The topological polar surface area (TPSA) is 104 Å². The summed E-state index contributed by atoms with van der Waals surface area (Å²) in [5.74, 6) is -0.324. The summed E-state index contributed by atoms with van der Waals surface area (Å²) in [5, 5.41) is 10.7. The quantitative estimate of drug-likeness (QED) is 0.292. The van der Waals surface area contributed by atoms with E-state index in [1.807, 2.05) is 39.8 Å². The number of carbonyl (C=O) groups is 1. The van der Waals surface area contributed by atoms with Gasteiger partial charge in [-0.2, -0.15) is 0 Å². The van der Waals surface area contributed by atoms with Crippen molar-refractivity contribution in [2.24, 2.45) is 11.8 Å². The zero-order valence-corrected chi connectivity index (χ0v) is 20.0. The largest absolute Gasteiger partial charge is 0.460 e. The number of hydrogen-bond acceptors (Lipinski definition) is 6. The van der Waals surface area contributed by atoms with Crippen molar-refractivity contribution in [1.82, 2.24) is 0 Å². The first-order valence-electron chi connectivity index (χ1n) is 10.5. The maximum Gasteiger partial charge on any atom is 0.309 e. The molecule has 0 aliphatic carbocycles. The number of rotatable bonds is 9. The second kappa shape index (κ2) is 10.3. The molecule has 0 saturated carbocycles. The number of sulfone groups is 1. The van der Waals surface area contributed by atoms with E-state index in [1.165, 1.54) is 24.3 Å². The van der Waals surface area contributed by atoms with Crippen LogP contribution in [-0.4, -0.2) is 24.9 Å². The van der Waals surface area contributed by atoms with Crippen molar-refractivity contribution in [3.8, 4) is 0 Å². The summed E-state index contributed by atoms with van der Waals surface area (Å²) in [6.45, 7) is 9.50. The van der Waals surface area contributed by atoms with Crippen LogP contribution >= 0.6 is 0 Å². The van der Waals surface area contributed by atoms with E-state index in [2.05, 4.69) is 6.92 Å². The molecule has 2 rings (SSSR count). The van der Waals surface area contributed by atoms with Gasteiger partial charge in [-0.3, -0.25) is 14.9 Å². The van der Waals surface area contributed by atoms with Crippen LogP contribution in [0.15, 0.2) is 53.4 Å². The predicted molar refractivity (Wildman–Crippen MR) is 123 cm³/mol. The van der Waals surface area contributed by atoms with E-state index in [9.17, 15) is 23.3 Å². The molecule has 32 heavy (non-hydrogen) atoms. The van der Waals surface area contributed by atoms with E-state index in [0.29, 0.717) is 12.0 Å². The third kappa shape index (κ3) is 7.75. The van der Waals surface area contributed by atoms with Crippen molar-refractivity contribution in [3.63, 3.8) is 0 Å². The van der Waals surface area contributed by atoms with Gasteiger partial charge in [0.15, 0.2) is 9.84 Å². The molecule has 1 unspecified atom stereocenters. The molecule has 8 heteroatoms. The SMILES string of the molecule is CC(C[C@@H](C)Cc1ccc(CS(=O)(=O)c2ccc([N+](=O)[O-])cc2)cc1)C(=O)OC(C)(C)C. The van der Waals surface area contributed by atoms with Crippen LogP contribution in [-0.2, 0) is 31.5 Å². The lowest BCUT2D eigenvalue weighted by molar-refractivity contribution is -0.384. The Hall–Kier alpha value is -2.74. The highest BCUT2D eigenvalue weighted by atomic mass is 32.2. The Kier molecular flexibility index (Phi) is 8.18. The van der Waals surface area contributed by atoms with Crippen LogP contribution in [0.4, 0.5) is 5.69 Å². The zero-order chi connectivity index (χ0) is 24.1. The summed E-state index contributed by atoms with van der Waals surface area (Å²) in [6, 6.07) is 12.3. The molecule has 2 aromatic rings. The van der Waals surface area contributed by atoms with Gasteiger partial charge in [0.2, 0.25) is 0 Å². The van der Waals surface area contributed by atoms with Crippen LogP contribution in [0.2, 0.25) is 0 Å². The molecule has 0 aliphatic rings. The van der Waals surface area contributed by atoms with Crippen LogP contribution < -0.4 is 0 Å². The van der Waals surface area contributed by atoms with Gasteiger partial charge in [0.05, 0.1) is 21.5 Å². The fraction of sp³-hybridized carbons (Fsp3) is 0.458. The lowest BCUT2D eigenvalue weighted by Crippen LogP contribution is -2.28. The lowest BCUT2D eigenvalue weighted by atomic mass is 9.91. The third-order valence-electron chi connectivity index (χ3n) is 4.94. The number of benzene rings is 2. The molecular weight excluding hydrogens is 430 g/mol. The molecular formula is C24H31NO6S. The Morgan fingerprint density at radius 2 is 1.53 bits per heavy atom. The average Bonchev–Trinajstić information content (AvgIpc) is 2.68. The normalized spacial score (nSPS) is 13.9. The monoisotopic (exact) mass is 461 g/mol. The molecule has 0 bridgehead atoms. The lowest BCUT2D eigenvalue weighted by Gasteiger charge is -2.23. The Bertz CT molecular complexity index is 1040. The summed E-state index contributed by atoms with van der Waals surface area (Å²) in [6.07, 6.45) is 1.47. The summed E-state index contributed by atoms with van der Waals surface area (Å²) in [5.41, 5.74) is 1.05. The van der Waals surface area contributed by atoms with Gasteiger partial charge in [0, 0.05) is 12.1 Å². The van der Waals surface area contributed by atoms with Gasteiger partial charge < -0.3 is 4.74 Å². The molecule has 0 aliphatic heterocycles. The van der Waals surface area contributed by atoms with Gasteiger partial charge in [0.25, 0.3) is 5.69 Å². The molecule has 7 nitrogen and oxygen atoms in total. The summed E-state index contributed by atoms with van der Waals surface area (Å²) < 4.78 is 30.7. The first-order chi connectivity index (χ1) is 14.8. The van der Waals surface area contributed by atoms with E-state index >= 15 is 0 Å². The Labute approximate surface area is 189 Å². The van der Waals surface area contributed by atoms with Crippen molar-refractivity contribution in [3.05, 3.63) is 69.8 Å². The summed E-state index contributed by atoms with van der Waals surface area (Å²) in [7, 11) is -3.61. The fourth-order valence-corrected chi connectivity index (χ4v) is 4.79. The minimum atomic E-state index is -3.61. The highest BCUT2D eigenvalue weighted by Gasteiger charge is 2.23. The molecule has 2 atom stereocenters.